The fraction of sp³-hybridized carbons (Fsp3) is 0.243. The van der Waals surface area contributed by atoms with Gasteiger partial charge in [0.05, 0.1) is 29.5 Å². The lowest BCUT2D eigenvalue weighted by Gasteiger charge is -2.23. The van der Waals surface area contributed by atoms with Crippen molar-refractivity contribution in [3.8, 4) is 28.3 Å². The van der Waals surface area contributed by atoms with E-state index >= 15 is 0 Å². The highest BCUT2D eigenvalue weighted by Gasteiger charge is 2.26. The number of anilines is 1. The molecule has 2 aliphatic carbocycles. The molecule has 0 aliphatic heterocycles. The number of ether oxygens (including phenoxy) is 1. The highest BCUT2D eigenvalue weighted by atomic mass is 16.5. The zero-order chi connectivity index (χ0) is 28.2. The fourth-order valence-corrected chi connectivity index (χ4v) is 6.99. The van der Waals surface area contributed by atoms with Crippen molar-refractivity contribution in [3.63, 3.8) is 0 Å². The van der Waals surface area contributed by atoms with E-state index in [2.05, 4.69) is 115 Å². The average Bonchev–Trinajstić information content (AvgIpc) is 3.74. The van der Waals surface area contributed by atoms with Crippen LogP contribution in [0.15, 0.2) is 72.8 Å². The van der Waals surface area contributed by atoms with Crippen LogP contribution in [0, 0.1) is 13.8 Å². The molecular weight excluding hydrogens is 502 g/mol. The number of nitrogens with one attached hydrogen (secondary N) is 2. The molecule has 0 atom stereocenters. The number of aromatic nitrogens is 2. The van der Waals surface area contributed by atoms with Gasteiger partial charge in [0.25, 0.3) is 0 Å². The van der Waals surface area contributed by atoms with E-state index in [1.165, 1.54) is 83.4 Å². The van der Waals surface area contributed by atoms with Gasteiger partial charge in [-0.05, 0) is 73.2 Å². The third-order valence-corrected chi connectivity index (χ3v) is 9.11. The lowest BCUT2D eigenvalue weighted by Crippen LogP contribution is -2.22. The number of aromatic amines is 2. The van der Waals surface area contributed by atoms with Crippen LogP contribution in [0.2, 0.25) is 0 Å². The maximum absolute atomic E-state index is 5.54. The molecular formula is C37H37N3O. The Labute approximate surface area is 242 Å². The lowest BCUT2D eigenvalue weighted by molar-refractivity contribution is 0.419. The predicted octanol–water partition coefficient (Wildman–Crippen LogP) is 8.95. The van der Waals surface area contributed by atoms with Gasteiger partial charge in [0, 0.05) is 53.5 Å². The van der Waals surface area contributed by atoms with Gasteiger partial charge in [0.15, 0.2) is 0 Å². The van der Waals surface area contributed by atoms with E-state index in [0.29, 0.717) is 0 Å². The second-order valence-electron chi connectivity index (χ2n) is 11.3. The van der Waals surface area contributed by atoms with Crippen molar-refractivity contribution in [1.29, 1.82) is 0 Å². The van der Waals surface area contributed by atoms with Gasteiger partial charge in [-0.25, -0.2) is 0 Å². The molecule has 6 aromatic rings. The normalized spacial score (nSPS) is 12.5. The number of benzene rings is 4. The molecule has 2 heterocycles. The van der Waals surface area contributed by atoms with Crippen molar-refractivity contribution in [2.24, 2.45) is 0 Å². The summed E-state index contributed by atoms with van der Waals surface area (Å²) in [6.07, 6.45) is 2.04. The van der Waals surface area contributed by atoms with Crippen LogP contribution in [0.3, 0.4) is 0 Å². The quantitative estimate of drug-likeness (QED) is 0.234. The molecule has 2 aromatic heterocycles. The maximum atomic E-state index is 5.54. The molecule has 0 radical (unpaired) electrons. The molecule has 8 rings (SSSR count). The Hall–Kier alpha value is -4.44. The predicted molar refractivity (Wildman–Crippen MR) is 173 cm³/mol. The van der Waals surface area contributed by atoms with Crippen molar-refractivity contribution in [3.05, 3.63) is 106 Å². The summed E-state index contributed by atoms with van der Waals surface area (Å²) < 4.78 is 5.54. The lowest BCUT2D eigenvalue weighted by atomic mass is 10.0. The number of aryl methyl sites for hydroxylation is 2. The third-order valence-electron chi connectivity index (χ3n) is 9.11. The summed E-state index contributed by atoms with van der Waals surface area (Å²) >= 11 is 0. The van der Waals surface area contributed by atoms with E-state index in [9.17, 15) is 0 Å². The molecule has 0 fully saturated rings. The smallest absolute Gasteiger partial charge is 0.128 e. The third kappa shape index (κ3) is 3.88. The van der Waals surface area contributed by atoms with Crippen LogP contribution < -0.4 is 9.64 Å². The van der Waals surface area contributed by atoms with Gasteiger partial charge in [-0.2, -0.15) is 0 Å². The van der Waals surface area contributed by atoms with Crippen molar-refractivity contribution < 1.29 is 4.74 Å². The second-order valence-corrected chi connectivity index (χ2v) is 11.3. The van der Waals surface area contributed by atoms with E-state index < -0.39 is 0 Å². The zero-order valence-corrected chi connectivity index (χ0v) is 24.6. The molecule has 2 N–H and O–H groups in total. The molecule has 4 nitrogen and oxygen atoms in total. The maximum Gasteiger partial charge on any atom is 0.128 e. The van der Waals surface area contributed by atoms with Gasteiger partial charge in [0.1, 0.15) is 5.75 Å². The topological polar surface area (TPSA) is 44.0 Å². The van der Waals surface area contributed by atoms with Crippen LogP contribution >= 0.6 is 0 Å². The summed E-state index contributed by atoms with van der Waals surface area (Å²) in [4.78, 5) is 9.77. The molecule has 206 valence electrons. The first-order chi connectivity index (χ1) is 20.0. The van der Waals surface area contributed by atoms with Crippen molar-refractivity contribution in [2.75, 3.05) is 25.1 Å². The number of H-pyrrole nitrogens is 2. The summed E-state index contributed by atoms with van der Waals surface area (Å²) in [7, 11) is 1.74. The molecule has 41 heavy (non-hydrogen) atoms. The number of hydrogen-bond donors (Lipinski definition) is 2. The van der Waals surface area contributed by atoms with Crippen LogP contribution in [0.1, 0.15) is 47.2 Å². The van der Waals surface area contributed by atoms with Crippen molar-refractivity contribution >= 4 is 27.5 Å². The molecule has 0 amide bonds. The van der Waals surface area contributed by atoms with Crippen LogP contribution in [-0.4, -0.2) is 30.2 Å². The summed E-state index contributed by atoms with van der Waals surface area (Å²) in [5.41, 5.74) is 17.5. The SMILES string of the molecule is CCN(CC)c1ccc(C)c2[nH]c3c(c12)Cc1ccccc1-3.COc1ccc(C)c2[nH]c3c(c12)Cc1ccccc1-3. The number of rotatable bonds is 4. The Morgan fingerprint density at radius 1 is 0.659 bits per heavy atom. The number of hydrogen-bond acceptors (Lipinski definition) is 2. The Balaban J connectivity index is 0.000000136. The van der Waals surface area contributed by atoms with Gasteiger partial charge in [0.2, 0.25) is 0 Å². The van der Waals surface area contributed by atoms with Gasteiger partial charge in [-0.1, -0.05) is 60.7 Å². The molecule has 2 aliphatic rings. The van der Waals surface area contributed by atoms with Gasteiger partial charge >= 0.3 is 0 Å². The first-order valence-corrected chi connectivity index (χ1v) is 14.8. The molecule has 0 bridgehead atoms. The van der Waals surface area contributed by atoms with E-state index in [4.69, 9.17) is 4.74 Å². The molecule has 0 unspecified atom stereocenters. The standard InChI is InChI=1S/C20H22N2.C17H15NO/c1-4-22(5-2)17-11-10-13(3)19-18(17)16-12-14-8-6-7-9-15(14)20(16)21-19;1-10-7-8-14(19-2)15-13-9-11-5-3-4-6-12(11)17(13)18-16(10)15/h6-11,21H,4-5,12H2,1-3H3;3-8,18H,9H2,1-2H3. The van der Waals surface area contributed by atoms with E-state index in [0.717, 1.165) is 31.7 Å². The van der Waals surface area contributed by atoms with Gasteiger partial charge in [-0.15, -0.1) is 0 Å². The van der Waals surface area contributed by atoms with E-state index in [1.54, 1.807) is 7.11 Å². The van der Waals surface area contributed by atoms with Crippen LogP contribution in [0.5, 0.6) is 5.75 Å². The summed E-state index contributed by atoms with van der Waals surface area (Å²) in [5, 5.41) is 2.67. The largest absolute Gasteiger partial charge is 0.496 e. The highest BCUT2D eigenvalue weighted by molar-refractivity contribution is 6.03. The minimum Gasteiger partial charge on any atom is -0.496 e. The fourth-order valence-electron chi connectivity index (χ4n) is 6.99. The summed E-state index contributed by atoms with van der Waals surface area (Å²) in [6, 6.07) is 26.1. The average molecular weight is 540 g/mol. The molecule has 4 heteroatoms. The first-order valence-electron chi connectivity index (χ1n) is 14.8. The summed E-state index contributed by atoms with van der Waals surface area (Å²) in [5.74, 6) is 0.964. The first kappa shape index (κ1) is 25.5. The minimum atomic E-state index is 0.964. The van der Waals surface area contributed by atoms with Crippen LogP contribution in [-0.2, 0) is 12.8 Å². The van der Waals surface area contributed by atoms with Crippen molar-refractivity contribution in [2.45, 2.75) is 40.5 Å². The van der Waals surface area contributed by atoms with E-state index in [-0.39, 0.29) is 0 Å². The Bertz CT molecular complexity index is 1940. The highest BCUT2D eigenvalue weighted by Crippen LogP contribution is 2.45. The number of fused-ring (bicyclic) bond motifs is 10. The Morgan fingerprint density at radius 2 is 1.17 bits per heavy atom. The van der Waals surface area contributed by atoms with Crippen molar-refractivity contribution in [1.82, 2.24) is 9.97 Å². The number of methoxy groups -OCH3 is 1. The summed E-state index contributed by atoms with van der Waals surface area (Å²) in [6.45, 7) is 10.9. The Morgan fingerprint density at radius 3 is 1.73 bits per heavy atom. The molecule has 0 saturated carbocycles. The van der Waals surface area contributed by atoms with Crippen LogP contribution in [0.4, 0.5) is 5.69 Å². The van der Waals surface area contributed by atoms with Crippen LogP contribution in [0.25, 0.3) is 44.3 Å². The number of nitrogens with zero attached hydrogens (tertiary/aromatic N) is 1. The zero-order valence-electron chi connectivity index (χ0n) is 24.6. The molecule has 0 spiro atoms. The second kappa shape index (κ2) is 9.88. The van der Waals surface area contributed by atoms with Gasteiger partial charge < -0.3 is 19.6 Å². The molecule has 0 saturated heterocycles. The Kier molecular flexibility index (Phi) is 6.15. The monoisotopic (exact) mass is 539 g/mol. The van der Waals surface area contributed by atoms with Gasteiger partial charge in [-0.3, -0.25) is 0 Å². The minimum absolute atomic E-state index is 0.964. The van der Waals surface area contributed by atoms with E-state index in [1.807, 2.05) is 0 Å². The molecule has 4 aromatic carbocycles.